The highest BCUT2D eigenvalue weighted by Gasteiger charge is 2.68. The van der Waals surface area contributed by atoms with Gasteiger partial charge in [0.1, 0.15) is 0 Å². The summed E-state index contributed by atoms with van der Waals surface area (Å²) in [5.74, 6) is 0.501. The standard InChI is InChI=1S/C34H52NO5S/c1-5-30(37)40-34(29(36)23-39-31(38)15-21-35(6-2)19-8-7-9-20-35)18-14-28-26-11-10-24-22-25(41)12-16-32(24,3)27(26)13-17-33(28,34)4/h22,26-28H,5-21,23H2,1-4H3/q+1/t26-,27+,28+,32+,33+,34+/m1/s1. The molecule has 5 aliphatic rings. The molecule has 228 valence electrons. The SMILES string of the molecule is CCC(=O)O[C@]1(C(=O)COC(=O)CC[N+]2(CC)CCCCC2)CC[C@H]2[C@@H]3CCC4=CC(=S)CC[C@]4(C)[C@H]3CC[C@@]21C. The van der Waals surface area contributed by atoms with Crippen LogP contribution in [0.5, 0.6) is 0 Å². The summed E-state index contributed by atoms with van der Waals surface area (Å²) in [6.45, 7) is 12.3. The highest BCUT2D eigenvalue weighted by molar-refractivity contribution is 7.80. The lowest BCUT2D eigenvalue weighted by molar-refractivity contribution is -0.930. The summed E-state index contributed by atoms with van der Waals surface area (Å²) in [5.41, 5.74) is 0.0324. The number of quaternary nitrogens is 1. The number of Topliss-reactive ketones (excluding diaryl/α,β-unsaturated/α-hetero) is 1. The summed E-state index contributed by atoms with van der Waals surface area (Å²) in [6, 6.07) is 0. The number of likely N-dealkylation sites (tertiary alicyclic amines) is 1. The van der Waals surface area contributed by atoms with E-state index in [0.717, 1.165) is 80.5 Å². The zero-order chi connectivity index (χ0) is 29.5. The molecular formula is C34H52NO5S+. The second-order valence-electron chi connectivity index (χ2n) is 14.3. The maximum atomic E-state index is 14.1. The Morgan fingerprint density at radius 3 is 2.39 bits per heavy atom. The third-order valence-electron chi connectivity index (χ3n) is 12.7. The second-order valence-corrected chi connectivity index (χ2v) is 14.9. The van der Waals surface area contributed by atoms with E-state index in [1.807, 2.05) is 0 Å². The highest BCUT2D eigenvalue weighted by atomic mass is 32.1. The van der Waals surface area contributed by atoms with E-state index in [1.165, 1.54) is 24.8 Å². The number of thiocarbonyl (C=S) groups is 1. The summed E-state index contributed by atoms with van der Waals surface area (Å²) in [6.07, 6.45) is 14.1. The zero-order valence-electron chi connectivity index (χ0n) is 25.9. The lowest BCUT2D eigenvalue weighted by Crippen LogP contribution is -2.60. The van der Waals surface area contributed by atoms with Crippen LogP contribution in [0.1, 0.15) is 111 Å². The van der Waals surface area contributed by atoms with Gasteiger partial charge in [-0.1, -0.05) is 38.6 Å². The van der Waals surface area contributed by atoms with Crippen molar-refractivity contribution in [3.63, 3.8) is 0 Å². The van der Waals surface area contributed by atoms with E-state index >= 15 is 0 Å². The summed E-state index contributed by atoms with van der Waals surface area (Å²) in [5, 5.41) is 0. The van der Waals surface area contributed by atoms with Gasteiger partial charge in [-0.05, 0) is 107 Å². The van der Waals surface area contributed by atoms with Gasteiger partial charge < -0.3 is 14.0 Å². The van der Waals surface area contributed by atoms with Gasteiger partial charge in [0, 0.05) is 16.7 Å². The number of carbonyl (C=O) groups excluding carboxylic acids is 3. The average Bonchev–Trinajstić information content (AvgIpc) is 3.28. The maximum absolute atomic E-state index is 14.1. The van der Waals surface area contributed by atoms with E-state index in [4.69, 9.17) is 21.7 Å². The number of allylic oxidation sites excluding steroid dienone is 2. The van der Waals surface area contributed by atoms with Crippen LogP contribution in [0.15, 0.2) is 11.6 Å². The Balaban J connectivity index is 1.31. The highest BCUT2D eigenvalue weighted by Crippen LogP contribution is 2.68. The van der Waals surface area contributed by atoms with Gasteiger partial charge in [0.05, 0.1) is 32.6 Å². The molecule has 41 heavy (non-hydrogen) atoms. The van der Waals surface area contributed by atoms with Crippen molar-refractivity contribution in [2.45, 2.75) is 117 Å². The minimum Gasteiger partial charge on any atom is -0.457 e. The molecule has 0 aromatic heterocycles. The number of ketones is 1. The first-order valence-electron chi connectivity index (χ1n) is 16.5. The van der Waals surface area contributed by atoms with Crippen molar-refractivity contribution in [3.8, 4) is 0 Å². The van der Waals surface area contributed by atoms with E-state index in [-0.39, 0.29) is 36.2 Å². The first kappa shape index (κ1) is 30.8. The van der Waals surface area contributed by atoms with Gasteiger partial charge in [-0.2, -0.15) is 0 Å². The number of ether oxygens (including phenoxy) is 2. The average molecular weight is 587 g/mol. The Morgan fingerprint density at radius 1 is 0.951 bits per heavy atom. The number of rotatable bonds is 9. The largest absolute Gasteiger partial charge is 0.457 e. The minimum atomic E-state index is -1.22. The fraction of sp³-hybridized carbons (Fsp3) is 0.824. The number of hydrogen-bond acceptors (Lipinski definition) is 6. The van der Waals surface area contributed by atoms with Gasteiger partial charge in [0.2, 0.25) is 5.78 Å². The Labute approximate surface area is 252 Å². The maximum Gasteiger partial charge on any atom is 0.311 e. The fourth-order valence-corrected chi connectivity index (χ4v) is 10.3. The van der Waals surface area contributed by atoms with Crippen LogP contribution in [-0.4, -0.2) is 65.5 Å². The number of carbonyl (C=O) groups is 3. The molecule has 6 nitrogen and oxygen atoms in total. The van der Waals surface area contributed by atoms with Crippen LogP contribution < -0.4 is 0 Å². The summed E-state index contributed by atoms with van der Waals surface area (Å²) in [4.78, 5) is 40.9. The molecule has 0 aromatic rings. The van der Waals surface area contributed by atoms with Crippen molar-refractivity contribution < 1.29 is 28.3 Å². The molecule has 3 saturated carbocycles. The molecule has 0 bridgehead atoms. The second kappa shape index (κ2) is 11.8. The monoisotopic (exact) mass is 586 g/mol. The van der Waals surface area contributed by atoms with E-state index in [2.05, 4.69) is 26.8 Å². The smallest absolute Gasteiger partial charge is 0.311 e. The summed E-state index contributed by atoms with van der Waals surface area (Å²) < 4.78 is 12.8. The predicted octanol–water partition coefficient (Wildman–Crippen LogP) is 6.53. The molecule has 0 unspecified atom stereocenters. The number of nitrogens with zero attached hydrogens (tertiary/aromatic N) is 1. The van der Waals surface area contributed by atoms with Gasteiger partial charge >= 0.3 is 11.9 Å². The molecule has 7 heteroatoms. The Bertz CT molecular complexity index is 1090. The molecule has 5 rings (SSSR count). The lowest BCUT2D eigenvalue weighted by atomic mass is 9.46. The molecule has 0 amide bonds. The van der Waals surface area contributed by atoms with Gasteiger partial charge in [0.25, 0.3) is 0 Å². The summed E-state index contributed by atoms with van der Waals surface area (Å²) >= 11 is 5.58. The molecular weight excluding hydrogens is 534 g/mol. The molecule has 1 heterocycles. The number of piperidine rings is 1. The van der Waals surface area contributed by atoms with E-state index in [1.54, 1.807) is 6.92 Å². The van der Waals surface area contributed by atoms with E-state index in [9.17, 15) is 14.4 Å². The van der Waals surface area contributed by atoms with Crippen LogP contribution in [0, 0.1) is 28.6 Å². The molecule has 0 spiro atoms. The van der Waals surface area contributed by atoms with Gasteiger partial charge in [-0.15, -0.1) is 0 Å². The first-order chi connectivity index (χ1) is 19.5. The predicted molar refractivity (Wildman–Crippen MR) is 163 cm³/mol. The molecule has 0 N–H and O–H groups in total. The molecule has 0 radical (unpaired) electrons. The first-order valence-corrected chi connectivity index (χ1v) is 16.9. The summed E-state index contributed by atoms with van der Waals surface area (Å²) in [7, 11) is 0. The number of esters is 2. The van der Waals surface area contributed by atoms with Crippen LogP contribution in [0.25, 0.3) is 0 Å². The van der Waals surface area contributed by atoms with Gasteiger partial charge in [-0.3, -0.25) is 14.4 Å². The Morgan fingerprint density at radius 2 is 1.68 bits per heavy atom. The van der Waals surface area contributed by atoms with Crippen LogP contribution in [0.2, 0.25) is 0 Å². The molecule has 4 aliphatic carbocycles. The van der Waals surface area contributed by atoms with Crippen molar-refractivity contribution in [2.24, 2.45) is 28.6 Å². The molecule has 4 fully saturated rings. The third kappa shape index (κ3) is 5.36. The van der Waals surface area contributed by atoms with Crippen molar-refractivity contribution in [1.29, 1.82) is 0 Å². The molecule has 1 saturated heterocycles. The fourth-order valence-electron chi connectivity index (χ4n) is 10.1. The van der Waals surface area contributed by atoms with Crippen molar-refractivity contribution in [1.82, 2.24) is 0 Å². The van der Waals surface area contributed by atoms with E-state index in [0.29, 0.717) is 30.6 Å². The van der Waals surface area contributed by atoms with E-state index < -0.39 is 11.0 Å². The Hall–Kier alpha value is -1.60. The topological polar surface area (TPSA) is 69.7 Å². The minimum absolute atomic E-state index is 0.171. The van der Waals surface area contributed by atoms with Crippen molar-refractivity contribution in [2.75, 3.05) is 32.8 Å². The van der Waals surface area contributed by atoms with Crippen LogP contribution in [0.4, 0.5) is 0 Å². The van der Waals surface area contributed by atoms with Crippen LogP contribution >= 0.6 is 12.2 Å². The normalized spacial score (nSPS) is 37.7. The zero-order valence-corrected chi connectivity index (χ0v) is 26.8. The quantitative estimate of drug-likeness (QED) is 0.174. The third-order valence-corrected chi connectivity index (χ3v) is 13.0. The molecule has 0 aromatic carbocycles. The van der Waals surface area contributed by atoms with Crippen molar-refractivity contribution >= 4 is 34.8 Å². The Kier molecular flexibility index (Phi) is 8.90. The number of hydrogen-bond donors (Lipinski definition) is 0. The van der Waals surface area contributed by atoms with Gasteiger partial charge in [-0.25, -0.2) is 0 Å². The molecule has 6 atom stereocenters. The van der Waals surface area contributed by atoms with Gasteiger partial charge in [0.15, 0.2) is 12.2 Å². The molecule has 1 aliphatic heterocycles. The lowest BCUT2D eigenvalue weighted by Gasteiger charge is -2.59. The number of fused-ring (bicyclic) bond motifs is 5. The van der Waals surface area contributed by atoms with Crippen molar-refractivity contribution in [3.05, 3.63) is 11.6 Å². The van der Waals surface area contributed by atoms with Crippen LogP contribution in [0.3, 0.4) is 0 Å². The van der Waals surface area contributed by atoms with Crippen LogP contribution in [-0.2, 0) is 23.9 Å².